The lowest BCUT2D eigenvalue weighted by Gasteiger charge is -2.15. The van der Waals surface area contributed by atoms with Gasteiger partial charge in [-0.1, -0.05) is 30.7 Å². The van der Waals surface area contributed by atoms with Crippen molar-refractivity contribution in [3.63, 3.8) is 0 Å². The van der Waals surface area contributed by atoms with Gasteiger partial charge in [0.2, 0.25) is 0 Å². The predicted octanol–water partition coefficient (Wildman–Crippen LogP) is 4.33. The first-order valence-corrected chi connectivity index (χ1v) is 8.83. The fourth-order valence-corrected chi connectivity index (χ4v) is 2.55. The Morgan fingerprint density at radius 1 is 1.19 bits per heavy atom. The highest BCUT2D eigenvalue weighted by molar-refractivity contribution is 6.32. The van der Waals surface area contributed by atoms with Crippen LogP contribution in [0.1, 0.15) is 41.8 Å². The summed E-state index contributed by atoms with van der Waals surface area (Å²) in [5.74, 6) is 0.648. The van der Waals surface area contributed by atoms with Crippen molar-refractivity contribution < 1.29 is 14.3 Å². The largest absolute Gasteiger partial charge is 0.490 e. The molecule has 1 N–H and O–H groups in total. The van der Waals surface area contributed by atoms with Gasteiger partial charge in [-0.25, -0.2) is 0 Å². The average Bonchev–Trinajstić information content (AvgIpc) is 2.66. The molecule has 0 fully saturated rings. The summed E-state index contributed by atoms with van der Waals surface area (Å²) in [6.07, 6.45) is 0.842. The quantitative estimate of drug-likeness (QED) is 0.748. The Morgan fingerprint density at radius 2 is 1.92 bits per heavy atom. The number of nitrogens with zero attached hydrogens (tertiary/aromatic N) is 1. The van der Waals surface area contributed by atoms with Crippen LogP contribution in [0.3, 0.4) is 0 Å². The third-order valence-corrected chi connectivity index (χ3v) is 3.84. The Hall–Kier alpha value is -2.71. The van der Waals surface area contributed by atoms with E-state index in [1.54, 1.807) is 36.4 Å². The van der Waals surface area contributed by atoms with Crippen LogP contribution >= 0.6 is 11.6 Å². The highest BCUT2D eigenvalue weighted by atomic mass is 35.5. The molecule has 0 unspecified atom stereocenters. The fraction of sp³-hybridized carbons (Fsp3) is 0.300. The molecule has 0 saturated carbocycles. The molecule has 0 saturated heterocycles. The van der Waals surface area contributed by atoms with Gasteiger partial charge in [0.25, 0.3) is 5.91 Å². The second-order valence-corrected chi connectivity index (χ2v) is 5.97. The van der Waals surface area contributed by atoms with Crippen molar-refractivity contribution in [3.8, 4) is 17.6 Å². The first-order valence-electron chi connectivity index (χ1n) is 8.45. The smallest absolute Gasteiger partial charge is 0.251 e. The first-order chi connectivity index (χ1) is 12.6. The number of carbonyl (C=O) groups excluding carboxylic acids is 1. The molecule has 6 heteroatoms. The van der Waals surface area contributed by atoms with Gasteiger partial charge in [0.05, 0.1) is 29.9 Å². The van der Waals surface area contributed by atoms with Gasteiger partial charge in [0.1, 0.15) is 0 Å². The average molecular weight is 373 g/mol. The van der Waals surface area contributed by atoms with E-state index in [1.807, 2.05) is 13.8 Å². The van der Waals surface area contributed by atoms with Gasteiger partial charge < -0.3 is 14.8 Å². The third-order valence-electron chi connectivity index (χ3n) is 3.56. The number of benzene rings is 2. The monoisotopic (exact) mass is 372 g/mol. The van der Waals surface area contributed by atoms with E-state index < -0.39 is 0 Å². The highest BCUT2D eigenvalue weighted by Crippen LogP contribution is 2.36. The van der Waals surface area contributed by atoms with Crippen LogP contribution < -0.4 is 14.8 Å². The molecular weight excluding hydrogens is 352 g/mol. The molecule has 0 heterocycles. The van der Waals surface area contributed by atoms with Gasteiger partial charge in [-0.2, -0.15) is 5.26 Å². The van der Waals surface area contributed by atoms with E-state index >= 15 is 0 Å². The predicted molar refractivity (Wildman–Crippen MR) is 101 cm³/mol. The molecule has 0 spiro atoms. The minimum Gasteiger partial charge on any atom is -0.490 e. The zero-order valence-corrected chi connectivity index (χ0v) is 15.6. The second kappa shape index (κ2) is 9.69. The fourth-order valence-electron chi connectivity index (χ4n) is 2.29. The van der Waals surface area contributed by atoms with E-state index in [9.17, 15) is 4.79 Å². The molecule has 2 aromatic rings. The summed E-state index contributed by atoms with van der Waals surface area (Å²) in [7, 11) is 0. The van der Waals surface area contributed by atoms with E-state index in [-0.39, 0.29) is 5.91 Å². The molecule has 1 amide bonds. The molecule has 0 atom stereocenters. The number of carbonyl (C=O) groups is 1. The Labute approximate surface area is 158 Å². The van der Waals surface area contributed by atoms with E-state index in [1.165, 1.54) is 0 Å². The van der Waals surface area contributed by atoms with Crippen molar-refractivity contribution in [2.45, 2.75) is 26.8 Å². The highest BCUT2D eigenvalue weighted by Gasteiger charge is 2.16. The summed E-state index contributed by atoms with van der Waals surface area (Å²) in [6.45, 7) is 5.16. The van der Waals surface area contributed by atoms with E-state index in [4.69, 9.17) is 26.3 Å². The molecule has 0 bridgehead atoms. The van der Waals surface area contributed by atoms with Crippen LogP contribution in [0.25, 0.3) is 0 Å². The number of ether oxygens (including phenoxy) is 2. The number of hydrogen-bond donors (Lipinski definition) is 1. The first kappa shape index (κ1) is 19.6. The number of amides is 1. The van der Waals surface area contributed by atoms with Crippen LogP contribution in [0.4, 0.5) is 0 Å². The molecule has 0 radical (unpaired) electrons. The van der Waals surface area contributed by atoms with Crippen LogP contribution in [-0.2, 0) is 6.54 Å². The molecule has 26 heavy (non-hydrogen) atoms. The number of halogens is 1. The minimum atomic E-state index is -0.265. The van der Waals surface area contributed by atoms with Gasteiger partial charge in [0.15, 0.2) is 11.5 Å². The molecule has 2 aromatic carbocycles. The zero-order valence-electron chi connectivity index (χ0n) is 14.8. The number of nitrogens with one attached hydrogen (secondary N) is 1. The van der Waals surface area contributed by atoms with Crippen LogP contribution in [0.15, 0.2) is 36.4 Å². The summed E-state index contributed by atoms with van der Waals surface area (Å²) >= 11 is 6.29. The zero-order chi connectivity index (χ0) is 18.9. The Bertz CT molecular complexity index is 798. The van der Waals surface area contributed by atoms with Crippen LogP contribution in [-0.4, -0.2) is 19.1 Å². The SMILES string of the molecule is CCCOc1c(Cl)cc(C(=O)NCc2ccc(C#N)cc2)cc1OCC. The summed E-state index contributed by atoms with van der Waals surface area (Å²) in [6, 6.07) is 12.3. The van der Waals surface area contributed by atoms with E-state index in [0.29, 0.717) is 47.4 Å². The van der Waals surface area contributed by atoms with Gasteiger partial charge >= 0.3 is 0 Å². The molecule has 0 aromatic heterocycles. The lowest BCUT2D eigenvalue weighted by molar-refractivity contribution is 0.0950. The van der Waals surface area contributed by atoms with E-state index in [0.717, 1.165) is 12.0 Å². The van der Waals surface area contributed by atoms with Crippen LogP contribution in [0.5, 0.6) is 11.5 Å². The van der Waals surface area contributed by atoms with Gasteiger partial charge in [0, 0.05) is 12.1 Å². The van der Waals surface area contributed by atoms with Crippen LogP contribution in [0, 0.1) is 11.3 Å². The summed E-state index contributed by atoms with van der Waals surface area (Å²) in [5, 5.41) is 12.0. The van der Waals surface area contributed by atoms with Crippen molar-refractivity contribution in [1.82, 2.24) is 5.32 Å². The molecular formula is C20H21ClN2O3. The van der Waals surface area contributed by atoms with Crippen molar-refractivity contribution in [2.75, 3.05) is 13.2 Å². The Kier molecular flexibility index (Phi) is 7.31. The summed E-state index contributed by atoms with van der Waals surface area (Å²) < 4.78 is 11.2. The van der Waals surface area contributed by atoms with E-state index in [2.05, 4.69) is 11.4 Å². The summed E-state index contributed by atoms with van der Waals surface area (Å²) in [4.78, 5) is 12.5. The van der Waals surface area contributed by atoms with Gasteiger partial charge in [-0.05, 0) is 43.2 Å². The maximum atomic E-state index is 12.5. The maximum absolute atomic E-state index is 12.5. The standard InChI is InChI=1S/C20H21ClN2O3/c1-3-9-26-19-17(21)10-16(11-18(19)25-4-2)20(24)23-13-15-7-5-14(12-22)6-8-15/h5-8,10-11H,3-4,9,13H2,1-2H3,(H,23,24). The number of hydrogen-bond acceptors (Lipinski definition) is 4. The normalized spacial score (nSPS) is 10.1. The Morgan fingerprint density at radius 3 is 2.54 bits per heavy atom. The van der Waals surface area contributed by atoms with Crippen molar-refractivity contribution in [1.29, 1.82) is 5.26 Å². The minimum absolute atomic E-state index is 0.265. The molecule has 0 aliphatic carbocycles. The maximum Gasteiger partial charge on any atom is 0.251 e. The van der Waals surface area contributed by atoms with Gasteiger partial charge in [-0.15, -0.1) is 0 Å². The lowest BCUT2D eigenvalue weighted by Crippen LogP contribution is -2.23. The van der Waals surface area contributed by atoms with Crippen LogP contribution in [0.2, 0.25) is 5.02 Å². The Balaban J connectivity index is 2.13. The third kappa shape index (κ3) is 5.14. The number of rotatable bonds is 8. The molecule has 2 rings (SSSR count). The van der Waals surface area contributed by atoms with Crippen molar-refractivity contribution >= 4 is 17.5 Å². The lowest BCUT2D eigenvalue weighted by atomic mass is 10.1. The molecule has 5 nitrogen and oxygen atoms in total. The number of nitriles is 1. The molecule has 0 aliphatic rings. The second-order valence-electron chi connectivity index (χ2n) is 5.56. The van der Waals surface area contributed by atoms with Crippen molar-refractivity contribution in [2.24, 2.45) is 0 Å². The molecule has 0 aliphatic heterocycles. The molecule has 136 valence electrons. The summed E-state index contributed by atoms with van der Waals surface area (Å²) in [5.41, 5.74) is 1.88. The topological polar surface area (TPSA) is 71.3 Å². The van der Waals surface area contributed by atoms with Gasteiger partial charge in [-0.3, -0.25) is 4.79 Å². The van der Waals surface area contributed by atoms with Crippen molar-refractivity contribution in [3.05, 3.63) is 58.1 Å².